The molecule has 0 aromatic carbocycles. The van der Waals surface area contributed by atoms with Gasteiger partial charge in [-0.05, 0) is 0 Å². The van der Waals surface area contributed by atoms with Gasteiger partial charge in [0.15, 0.2) is 5.69 Å². The van der Waals surface area contributed by atoms with Crippen molar-refractivity contribution in [1.82, 2.24) is 10.5 Å². The number of aromatic nitrogens is 1. The van der Waals surface area contributed by atoms with Crippen molar-refractivity contribution in [1.29, 1.82) is 0 Å². The maximum Gasteiger partial charge on any atom is 0.273 e. The second-order valence-corrected chi connectivity index (χ2v) is 5.27. The molecule has 0 saturated carbocycles. The number of carbonyl (C=O) groups is 1. The SMILES string of the molecule is CC(C)c1cc(C(=O)NCC(C)(C)CO)no1. The molecular weight excluding hydrogens is 220 g/mol. The monoisotopic (exact) mass is 240 g/mol. The maximum absolute atomic E-state index is 11.7. The highest BCUT2D eigenvalue weighted by molar-refractivity contribution is 5.92. The normalized spacial score (nSPS) is 11.9. The minimum Gasteiger partial charge on any atom is -0.396 e. The van der Waals surface area contributed by atoms with Crippen molar-refractivity contribution in [3.63, 3.8) is 0 Å². The zero-order valence-electron chi connectivity index (χ0n) is 10.8. The Labute approximate surface area is 101 Å². The van der Waals surface area contributed by atoms with E-state index in [0.29, 0.717) is 12.3 Å². The summed E-state index contributed by atoms with van der Waals surface area (Å²) in [6, 6.07) is 1.64. The van der Waals surface area contributed by atoms with E-state index < -0.39 is 0 Å². The van der Waals surface area contributed by atoms with Gasteiger partial charge in [-0.2, -0.15) is 0 Å². The van der Waals surface area contributed by atoms with Gasteiger partial charge in [-0.3, -0.25) is 4.79 Å². The maximum atomic E-state index is 11.7. The first-order chi connectivity index (χ1) is 7.85. The summed E-state index contributed by atoms with van der Waals surface area (Å²) >= 11 is 0. The fourth-order valence-electron chi connectivity index (χ4n) is 1.13. The lowest BCUT2D eigenvalue weighted by Gasteiger charge is -2.21. The van der Waals surface area contributed by atoms with E-state index in [1.54, 1.807) is 6.07 Å². The molecule has 5 heteroatoms. The summed E-state index contributed by atoms with van der Waals surface area (Å²) < 4.78 is 5.05. The molecule has 1 aromatic rings. The summed E-state index contributed by atoms with van der Waals surface area (Å²) in [5.41, 5.74) is -0.0530. The minimum atomic E-state index is -0.333. The van der Waals surface area contributed by atoms with E-state index in [1.165, 1.54) is 0 Å². The van der Waals surface area contributed by atoms with Crippen LogP contribution < -0.4 is 5.32 Å². The summed E-state index contributed by atoms with van der Waals surface area (Å²) in [5.74, 6) is 0.622. The molecule has 96 valence electrons. The Morgan fingerprint density at radius 2 is 2.24 bits per heavy atom. The minimum absolute atomic E-state index is 0.0172. The summed E-state index contributed by atoms with van der Waals surface area (Å²) in [7, 11) is 0. The van der Waals surface area contributed by atoms with Crippen molar-refractivity contribution < 1.29 is 14.4 Å². The van der Waals surface area contributed by atoms with Gasteiger partial charge in [-0.1, -0.05) is 32.9 Å². The van der Waals surface area contributed by atoms with Gasteiger partial charge in [-0.15, -0.1) is 0 Å². The number of hydrogen-bond donors (Lipinski definition) is 2. The molecule has 1 heterocycles. The number of amides is 1. The van der Waals surface area contributed by atoms with Gasteiger partial charge in [0.2, 0.25) is 0 Å². The first-order valence-electron chi connectivity index (χ1n) is 5.71. The third kappa shape index (κ3) is 3.85. The third-order valence-corrected chi connectivity index (χ3v) is 2.49. The van der Waals surface area contributed by atoms with Crippen LogP contribution in [0, 0.1) is 5.41 Å². The molecule has 1 aromatic heterocycles. The zero-order chi connectivity index (χ0) is 13.1. The molecular formula is C12H20N2O3. The number of carbonyl (C=O) groups excluding carboxylic acids is 1. The van der Waals surface area contributed by atoms with Gasteiger partial charge in [0.25, 0.3) is 5.91 Å². The number of rotatable bonds is 5. The predicted octanol–water partition coefficient (Wildman–Crippen LogP) is 1.55. The van der Waals surface area contributed by atoms with E-state index in [4.69, 9.17) is 9.63 Å². The Balaban J connectivity index is 2.58. The highest BCUT2D eigenvalue weighted by Gasteiger charge is 2.20. The van der Waals surface area contributed by atoms with Crippen LogP contribution >= 0.6 is 0 Å². The van der Waals surface area contributed by atoms with E-state index >= 15 is 0 Å². The van der Waals surface area contributed by atoms with Crippen LogP contribution in [0.2, 0.25) is 0 Å². The average Bonchev–Trinajstić information content (AvgIpc) is 2.75. The lowest BCUT2D eigenvalue weighted by Crippen LogP contribution is -2.36. The van der Waals surface area contributed by atoms with Crippen LogP contribution in [0.4, 0.5) is 0 Å². The van der Waals surface area contributed by atoms with E-state index in [-0.39, 0.29) is 29.5 Å². The number of nitrogens with zero attached hydrogens (tertiary/aromatic N) is 1. The zero-order valence-corrected chi connectivity index (χ0v) is 10.8. The van der Waals surface area contributed by atoms with Crippen LogP contribution in [0.25, 0.3) is 0 Å². The number of aliphatic hydroxyl groups is 1. The quantitative estimate of drug-likeness (QED) is 0.818. The van der Waals surface area contributed by atoms with E-state index in [2.05, 4.69) is 10.5 Å². The van der Waals surface area contributed by atoms with Crippen molar-refractivity contribution in [2.75, 3.05) is 13.2 Å². The molecule has 0 fully saturated rings. The number of aliphatic hydroxyl groups excluding tert-OH is 1. The van der Waals surface area contributed by atoms with E-state index in [9.17, 15) is 4.79 Å². The Kier molecular flexibility index (Phi) is 4.28. The van der Waals surface area contributed by atoms with Crippen LogP contribution in [-0.4, -0.2) is 29.3 Å². The third-order valence-electron chi connectivity index (χ3n) is 2.49. The van der Waals surface area contributed by atoms with Gasteiger partial charge in [0.1, 0.15) is 5.76 Å². The molecule has 0 aliphatic rings. The second-order valence-electron chi connectivity index (χ2n) is 5.27. The largest absolute Gasteiger partial charge is 0.396 e. The summed E-state index contributed by atoms with van der Waals surface area (Å²) in [4.78, 5) is 11.7. The van der Waals surface area contributed by atoms with Crippen molar-refractivity contribution in [2.24, 2.45) is 5.41 Å². The molecule has 17 heavy (non-hydrogen) atoms. The Hall–Kier alpha value is -1.36. The molecule has 0 aliphatic carbocycles. The molecule has 5 nitrogen and oxygen atoms in total. The lowest BCUT2D eigenvalue weighted by atomic mass is 9.95. The lowest BCUT2D eigenvalue weighted by molar-refractivity contribution is 0.0902. The molecule has 0 spiro atoms. The molecule has 0 bridgehead atoms. The first kappa shape index (κ1) is 13.7. The Bertz CT molecular complexity index is 383. The van der Waals surface area contributed by atoms with Crippen molar-refractivity contribution in [3.8, 4) is 0 Å². The van der Waals surface area contributed by atoms with Crippen molar-refractivity contribution in [3.05, 3.63) is 17.5 Å². The topological polar surface area (TPSA) is 75.4 Å². The molecule has 0 aliphatic heterocycles. The second kappa shape index (κ2) is 5.31. The molecule has 0 radical (unpaired) electrons. The summed E-state index contributed by atoms with van der Waals surface area (Å²) in [5, 5.41) is 15.5. The van der Waals surface area contributed by atoms with Crippen LogP contribution in [-0.2, 0) is 0 Å². The van der Waals surface area contributed by atoms with Crippen molar-refractivity contribution in [2.45, 2.75) is 33.6 Å². The van der Waals surface area contributed by atoms with E-state index in [1.807, 2.05) is 27.7 Å². The molecule has 1 amide bonds. The highest BCUT2D eigenvalue weighted by atomic mass is 16.5. The van der Waals surface area contributed by atoms with Gasteiger partial charge < -0.3 is 14.9 Å². The predicted molar refractivity (Wildman–Crippen MR) is 63.8 cm³/mol. The Morgan fingerprint density at radius 3 is 2.71 bits per heavy atom. The van der Waals surface area contributed by atoms with Crippen molar-refractivity contribution >= 4 is 5.91 Å². The van der Waals surface area contributed by atoms with Gasteiger partial charge in [0.05, 0.1) is 0 Å². The van der Waals surface area contributed by atoms with Gasteiger partial charge in [-0.25, -0.2) is 0 Å². The van der Waals surface area contributed by atoms with E-state index in [0.717, 1.165) is 0 Å². The van der Waals surface area contributed by atoms with Crippen LogP contribution in [0.3, 0.4) is 0 Å². The molecule has 0 atom stereocenters. The first-order valence-corrected chi connectivity index (χ1v) is 5.71. The van der Waals surface area contributed by atoms with Crippen LogP contribution in [0.5, 0.6) is 0 Å². The smallest absolute Gasteiger partial charge is 0.273 e. The number of nitrogens with one attached hydrogen (secondary N) is 1. The molecule has 2 N–H and O–H groups in total. The average molecular weight is 240 g/mol. The standard InChI is InChI=1S/C12H20N2O3/c1-8(2)10-5-9(14-17-10)11(16)13-6-12(3,4)7-15/h5,8,15H,6-7H2,1-4H3,(H,13,16). The summed E-state index contributed by atoms with van der Waals surface area (Å²) in [6.45, 7) is 8.09. The molecule has 0 saturated heterocycles. The fourth-order valence-corrected chi connectivity index (χ4v) is 1.13. The summed E-state index contributed by atoms with van der Waals surface area (Å²) in [6.07, 6.45) is 0. The Morgan fingerprint density at radius 1 is 1.59 bits per heavy atom. The van der Waals surface area contributed by atoms with Crippen LogP contribution in [0.1, 0.15) is 49.9 Å². The van der Waals surface area contributed by atoms with Gasteiger partial charge >= 0.3 is 0 Å². The molecule has 1 rings (SSSR count). The van der Waals surface area contributed by atoms with Crippen LogP contribution in [0.15, 0.2) is 10.6 Å². The fraction of sp³-hybridized carbons (Fsp3) is 0.667. The number of hydrogen-bond acceptors (Lipinski definition) is 4. The molecule has 0 unspecified atom stereocenters. The highest BCUT2D eigenvalue weighted by Crippen LogP contribution is 2.15. The van der Waals surface area contributed by atoms with Gasteiger partial charge in [0, 0.05) is 30.6 Å².